The van der Waals surface area contributed by atoms with Gasteiger partial charge in [0.25, 0.3) is 0 Å². The lowest BCUT2D eigenvalue weighted by molar-refractivity contribution is -0.140. The number of benzene rings is 2. The first-order chi connectivity index (χ1) is 26.1. The van der Waals surface area contributed by atoms with Crippen molar-refractivity contribution in [1.29, 1.82) is 0 Å². The molecule has 0 spiro atoms. The van der Waals surface area contributed by atoms with Crippen LogP contribution in [0.4, 0.5) is 8.78 Å². The van der Waals surface area contributed by atoms with Crippen molar-refractivity contribution in [2.75, 3.05) is 19.7 Å². The number of aliphatic hydroxyl groups is 1. The normalized spacial score (nSPS) is 19.9. The standard InChI is InChI=1S/C43H54F2N4O6/c1-27-19-39(53)49(42(27)55)17-8-11-37(51)30-13-12-29(20-30)21-38(52)35(46)16-18-48(40(54)26-50)41(43(2,3)4)36-22-31(33-23-32(44)14-15-34(33)45)25-47(36)24-28-9-6-5-7-10-28/h5-7,9-10,14-15,22-23,25,27,29-30,35,41,50H,8,11-13,16-21,24,26,46H2,1-4H3/t27?,29-,30-,35-,41-/m0/s1. The lowest BCUT2D eigenvalue weighted by Crippen LogP contribution is -2.46. The van der Waals surface area contributed by atoms with E-state index in [1.807, 2.05) is 55.7 Å². The fourth-order valence-electron chi connectivity index (χ4n) is 8.23. The average molecular weight is 761 g/mol. The van der Waals surface area contributed by atoms with Gasteiger partial charge in [-0.1, -0.05) is 58.0 Å². The van der Waals surface area contributed by atoms with Gasteiger partial charge in [0.05, 0.1) is 12.1 Å². The molecule has 10 nitrogen and oxygen atoms in total. The van der Waals surface area contributed by atoms with E-state index >= 15 is 4.39 Å². The molecular formula is C43H54F2N4O6. The number of imide groups is 1. The number of carbonyl (C=O) groups excluding carboxylic acids is 5. The maximum absolute atomic E-state index is 15.1. The van der Waals surface area contributed by atoms with E-state index in [0.29, 0.717) is 43.5 Å². The molecule has 1 saturated carbocycles. The highest BCUT2D eigenvalue weighted by Gasteiger charge is 2.39. The Morgan fingerprint density at radius 1 is 1.04 bits per heavy atom. The Kier molecular flexibility index (Phi) is 13.6. The van der Waals surface area contributed by atoms with E-state index in [1.165, 1.54) is 9.80 Å². The monoisotopic (exact) mass is 760 g/mol. The van der Waals surface area contributed by atoms with Gasteiger partial charge in [-0.25, -0.2) is 8.78 Å². The Balaban J connectivity index is 1.26. The highest BCUT2D eigenvalue weighted by molar-refractivity contribution is 6.03. The average Bonchev–Trinajstić information content (AvgIpc) is 3.84. The first-order valence-corrected chi connectivity index (χ1v) is 19.3. The number of hydrogen-bond acceptors (Lipinski definition) is 7. The quantitative estimate of drug-likeness (QED) is 0.156. The van der Waals surface area contributed by atoms with E-state index < -0.39 is 41.6 Å². The van der Waals surface area contributed by atoms with Gasteiger partial charge in [0, 0.05) is 73.8 Å². The van der Waals surface area contributed by atoms with Crippen LogP contribution < -0.4 is 5.73 Å². The molecule has 3 aromatic rings. The minimum atomic E-state index is -0.893. The lowest BCUT2D eigenvalue weighted by Gasteiger charge is -2.41. The summed E-state index contributed by atoms with van der Waals surface area (Å²) in [6, 6.07) is 13.1. The number of Topliss-reactive ketones (excluding diaryl/α,β-unsaturated/α-hetero) is 2. The highest BCUT2D eigenvalue weighted by Crippen LogP contribution is 2.41. The van der Waals surface area contributed by atoms with Crippen molar-refractivity contribution in [3.05, 3.63) is 83.7 Å². The number of nitrogens with two attached hydrogens (primary N) is 1. The summed E-state index contributed by atoms with van der Waals surface area (Å²) in [4.78, 5) is 67.0. The smallest absolute Gasteiger partial charge is 0.248 e. The zero-order valence-electron chi connectivity index (χ0n) is 32.3. The molecule has 1 aliphatic carbocycles. The fraction of sp³-hybridized carbons (Fsp3) is 0.512. The number of aliphatic hydroxyl groups excluding tert-OH is 1. The second kappa shape index (κ2) is 17.9. The van der Waals surface area contributed by atoms with Crippen molar-refractivity contribution >= 4 is 29.3 Å². The van der Waals surface area contributed by atoms with Gasteiger partial charge in [0.1, 0.15) is 29.8 Å². The third-order valence-electron chi connectivity index (χ3n) is 11.1. The van der Waals surface area contributed by atoms with Crippen LogP contribution >= 0.6 is 0 Å². The molecule has 5 atom stereocenters. The molecule has 2 fully saturated rings. The molecule has 3 amide bonds. The number of aromatic nitrogens is 1. The second-order valence-corrected chi connectivity index (χ2v) is 16.4. The SMILES string of the molecule is CC1CC(=O)N(CCCC(=O)[C@H]2CC[C@H](CC(=O)[C@@H](N)CCN(C(=O)CO)[C@@H](c3cc(-c4cc(F)ccc4F)cn3Cc3ccccc3)C(C)(C)C)C2)C1=O. The zero-order chi connectivity index (χ0) is 40.0. The summed E-state index contributed by atoms with van der Waals surface area (Å²) < 4.78 is 31.3. The minimum absolute atomic E-state index is 0.00418. The molecule has 2 aromatic carbocycles. The Labute approximate surface area is 322 Å². The van der Waals surface area contributed by atoms with E-state index in [4.69, 9.17) is 5.73 Å². The first-order valence-electron chi connectivity index (χ1n) is 19.3. The molecule has 12 heteroatoms. The van der Waals surface area contributed by atoms with Gasteiger partial charge in [-0.05, 0) is 73.3 Å². The molecule has 55 heavy (non-hydrogen) atoms. The van der Waals surface area contributed by atoms with Crippen LogP contribution in [0, 0.1) is 34.8 Å². The van der Waals surface area contributed by atoms with E-state index in [1.54, 1.807) is 19.2 Å². The molecule has 1 aromatic heterocycles. The number of rotatable bonds is 17. The topological polar surface area (TPSA) is 143 Å². The van der Waals surface area contributed by atoms with Gasteiger partial charge in [-0.15, -0.1) is 0 Å². The number of hydrogen-bond donors (Lipinski definition) is 2. The van der Waals surface area contributed by atoms with Gasteiger partial charge in [0.15, 0.2) is 0 Å². The lowest BCUT2D eigenvalue weighted by atomic mass is 9.82. The van der Waals surface area contributed by atoms with E-state index in [9.17, 15) is 33.5 Å². The highest BCUT2D eigenvalue weighted by atomic mass is 19.1. The number of carbonyl (C=O) groups is 5. The van der Waals surface area contributed by atoms with Gasteiger partial charge in [-0.3, -0.25) is 28.9 Å². The summed E-state index contributed by atoms with van der Waals surface area (Å²) in [5.74, 6) is -2.70. The third kappa shape index (κ3) is 10.2. The van der Waals surface area contributed by atoms with Crippen LogP contribution in [0.2, 0.25) is 0 Å². The van der Waals surface area contributed by atoms with E-state index in [0.717, 1.165) is 23.8 Å². The van der Waals surface area contributed by atoms with E-state index in [2.05, 4.69) is 0 Å². The van der Waals surface area contributed by atoms with Crippen molar-refractivity contribution in [2.45, 2.75) is 97.7 Å². The van der Waals surface area contributed by atoms with Crippen molar-refractivity contribution < 1.29 is 37.9 Å². The summed E-state index contributed by atoms with van der Waals surface area (Å²) in [5, 5.41) is 10.2. The van der Waals surface area contributed by atoms with Crippen LogP contribution in [0.25, 0.3) is 11.1 Å². The molecule has 0 bridgehead atoms. The Hall–Kier alpha value is -4.55. The predicted octanol–water partition coefficient (Wildman–Crippen LogP) is 6.23. The van der Waals surface area contributed by atoms with Crippen molar-refractivity contribution in [1.82, 2.24) is 14.4 Å². The van der Waals surface area contributed by atoms with Crippen LogP contribution in [-0.4, -0.2) is 74.5 Å². The predicted molar refractivity (Wildman–Crippen MR) is 204 cm³/mol. The number of halogens is 2. The number of ketones is 2. The minimum Gasteiger partial charge on any atom is -0.387 e. The van der Waals surface area contributed by atoms with Crippen LogP contribution in [0.15, 0.2) is 60.8 Å². The number of nitrogens with zero attached hydrogens (tertiary/aromatic N) is 3. The number of amides is 3. The fourth-order valence-corrected chi connectivity index (χ4v) is 8.23. The summed E-state index contributed by atoms with van der Waals surface area (Å²) in [5.41, 5.74) is 7.95. The summed E-state index contributed by atoms with van der Waals surface area (Å²) in [7, 11) is 0. The van der Waals surface area contributed by atoms with E-state index in [-0.39, 0.29) is 85.5 Å². The molecule has 0 radical (unpaired) electrons. The largest absolute Gasteiger partial charge is 0.387 e. The first kappa shape index (κ1) is 41.6. The van der Waals surface area contributed by atoms with Gasteiger partial charge < -0.3 is 20.3 Å². The number of likely N-dealkylation sites (tertiary alicyclic amines) is 1. The Bertz CT molecular complexity index is 1870. The Morgan fingerprint density at radius 3 is 2.42 bits per heavy atom. The van der Waals surface area contributed by atoms with Crippen molar-refractivity contribution in [3.63, 3.8) is 0 Å². The van der Waals surface area contributed by atoms with Crippen LogP contribution in [0.3, 0.4) is 0 Å². The maximum atomic E-state index is 15.1. The van der Waals surface area contributed by atoms with Crippen molar-refractivity contribution in [3.8, 4) is 11.1 Å². The molecule has 5 rings (SSSR count). The van der Waals surface area contributed by atoms with Gasteiger partial charge in [-0.2, -0.15) is 0 Å². The van der Waals surface area contributed by atoms with Crippen LogP contribution in [0.1, 0.15) is 96.4 Å². The molecule has 1 aliphatic heterocycles. The summed E-state index contributed by atoms with van der Waals surface area (Å²) in [6.07, 6.45) is 4.94. The summed E-state index contributed by atoms with van der Waals surface area (Å²) in [6.45, 7) is 7.48. The van der Waals surface area contributed by atoms with Crippen LogP contribution in [-0.2, 0) is 30.5 Å². The van der Waals surface area contributed by atoms with Crippen molar-refractivity contribution in [2.24, 2.45) is 28.9 Å². The molecule has 1 unspecified atom stereocenters. The molecule has 2 aliphatic rings. The molecule has 1 saturated heterocycles. The molecule has 296 valence electrons. The van der Waals surface area contributed by atoms with Gasteiger partial charge >= 0.3 is 0 Å². The Morgan fingerprint density at radius 2 is 1.76 bits per heavy atom. The van der Waals surface area contributed by atoms with Gasteiger partial charge in [0.2, 0.25) is 17.7 Å². The molecular weight excluding hydrogens is 706 g/mol. The second-order valence-electron chi connectivity index (χ2n) is 16.4. The third-order valence-corrected chi connectivity index (χ3v) is 11.1. The maximum Gasteiger partial charge on any atom is 0.248 e. The molecule has 2 heterocycles. The molecule has 3 N–H and O–H groups in total. The summed E-state index contributed by atoms with van der Waals surface area (Å²) >= 11 is 0. The zero-order valence-corrected chi connectivity index (χ0v) is 32.3. The van der Waals surface area contributed by atoms with Crippen LogP contribution in [0.5, 0.6) is 0 Å².